The van der Waals surface area contributed by atoms with Crippen molar-refractivity contribution in [3.05, 3.63) is 18.2 Å². The van der Waals surface area contributed by atoms with E-state index in [1.807, 2.05) is 0 Å². The molecule has 3 atom stereocenters. The van der Waals surface area contributed by atoms with Crippen molar-refractivity contribution in [1.29, 1.82) is 0 Å². The highest BCUT2D eigenvalue weighted by molar-refractivity contribution is 9.10. The Bertz CT molecular complexity index is 530. The van der Waals surface area contributed by atoms with Gasteiger partial charge in [-0.25, -0.2) is 0 Å². The molecule has 0 saturated carbocycles. The Balaban J connectivity index is 3.11. The third-order valence-electron chi connectivity index (χ3n) is 2.48. The number of halogens is 3. The van der Waals surface area contributed by atoms with Crippen LogP contribution in [-0.2, 0) is 14.4 Å². The van der Waals surface area contributed by atoms with Crippen LogP contribution in [0.4, 0.5) is 0 Å². The lowest BCUT2D eigenvalue weighted by atomic mass is 10.3. The fourth-order valence-electron chi connectivity index (χ4n) is 1.31. The van der Waals surface area contributed by atoms with Gasteiger partial charge in [-0.3, -0.25) is 14.4 Å². The van der Waals surface area contributed by atoms with Crippen molar-refractivity contribution >= 4 is 65.7 Å². The summed E-state index contributed by atoms with van der Waals surface area (Å²) in [5.74, 6) is -1.37. The van der Waals surface area contributed by atoms with Crippen LogP contribution in [0.15, 0.2) is 18.2 Å². The molecule has 0 aliphatic rings. The molecule has 1 aromatic rings. The highest BCUT2D eigenvalue weighted by atomic mass is 79.9. The molecule has 0 fully saturated rings. The summed E-state index contributed by atoms with van der Waals surface area (Å²) < 4.78 is 15.4. The number of benzene rings is 1. The quantitative estimate of drug-likeness (QED) is 0.317. The first-order chi connectivity index (χ1) is 11.1. The zero-order valence-corrected chi connectivity index (χ0v) is 17.8. The van der Waals surface area contributed by atoms with Gasteiger partial charge in [0.2, 0.25) is 0 Å². The SMILES string of the molecule is CC(Br)C(=O)Oc1cc(OC(=O)C(C)Br)cc(OC(=O)C(C)Br)c1. The first kappa shape index (κ1) is 21.1. The predicted molar refractivity (Wildman–Crippen MR) is 98.5 cm³/mol. The average molecular weight is 531 g/mol. The van der Waals surface area contributed by atoms with Crippen LogP contribution in [0, 0.1) is 0 Å². The topological polar surface area (TPSA) is 78.9 Å². The standard InChI is InChI=1S/C15H15Br3O6/c1-7(16)13(19)22-10-4-11(23-14(20)8(2)17)6-12(5-10)24-15(21)9(3)18/h4-9H,1-3H3. The van der Waals surface area contributed by atoms with Gasteiger partial charge in [0.15, 0.2) is 0 Å². The van der Waals surface area contributed by atoms with Crippen LogP contribution in [0.2, 0.25) is 0 Å². The Morgan fingerprint density at radius 3 is 1.04 bits per heavy atom. The molecule has 0 aliphatic carbocycles. The summed E-state index contributed by atoms with van der Waals surface area (Å²) in [5, 5.41) is 0. The van der Waals surface area contributed by atoms with E-state index in [0.29, 0.717) is 0 Å². The largest absolute Gasteiger partial charge is 0.425 e. The van der Waals surface area contributed by atoms with E-state index in [4.69, 9.17) is 14.2 Å². The van der Waals surface area contributed by atoms with Gasteiger partial charge in [-0.1, -0.05) is 47.8 Å². The van der Waals surface area contributed by atoms with E-state index >= 15 is 0 Å². The molecule has 0 bridgehead atoms. The van der Waals surface area contributed by atoms with E-state index in [2.05, 4.69) is 47.8 Å². The van der Waals surface area contributed by atoms with Gasteiger partial charge >= 0.3 is 17.9 Å². The number of carbonyl (C=O) groups is 3. The van der Waals surface area contributed by atoms with Crippen LogP contribution >= 0.6 is 47.8 Å². The molecule has 6 nitrogen and oxygen atoms in total. The Labute approximate surface area is 164 Å². The number of alkyl halides is 3. The van der Waals surface area contributed by atoms with E-state index in [9.17, 15) is 14.4 Å². The normalized spacial score (nSPS) is 14.2. The van der Waals surface area contributed by atoms with E-state index in [1.54, 1.807) is 20.8 Å². The molecular formula is C15H15Br3O6. The van der Waals surface area contributed by atoms with Crippen LogP contribution in [0.25, 0.3) is 0 Å². The molecule has 0 saturated heterocycles. The lowest BCUT2D eigenvalue weighted by Crippen LogP contribution is -2.20. The first-order valence-corrected chi connectivity index (χ1v) is 9.57. The van der Waals surface area contributed by atoms with Crippen LogP contribution in [-0.4, -0.2) is 32.4 Å². The maximum atomic E-state index is 11.7. The van der Waals surface area contributed by atoms with Gasteiger partial charge in [-0.2, -0.15) is 0 Å². The van der Waals surface area contributed by atoms with Gasteiger partial charge in [-0.15, -0.1) is 0 Å². The van der Waals surface area contributed by atoms with Crippen LogP contribution in [0.5, 0.6) is 17.2 Å². The Morgan fingerprint density at radius 1 is 0.667 bits per heavy atom. The minimum Gasteiger partial charge on any atom is -0.425 e. The van der Waals surface area contributed by atoms with Crippen molar-refractivity contribution in [2.45, 2.75) is 35.3 Å². The van der Waals surface area contributed by atoms with Crippen molar-refractivity contribution in [2.24, 2.45) is 0 Å². The van der Waals surface area contributed by atoms with Crippen LogP contribution in [0.3, 0.4) is 0 Å². The first-order valence-electron chi connectivity index (χ1n) is 6.82. The number of hydrogen-bond acceptors (Lipinski definition) is 6. The summed E-state index contributed by atoms with van der Waals surface area (Å²) in [6.07, 6.45) is 0. The van der Waals surface area contributed by atoms with Gasteiger partial charge in [-0.05, 0) is 20.8 Å². The fraction of sp³-hybridized carbons (Fsp3) is 0.400. The van der Waals surface area contributed by atoms with Crippen LogP contribution in [0.1, 0.15) is 20.8 Å². The minimum atomic E-state index is -0.543. The molecule has 0 N–H and O–H groups in total. The monoisotopic (exact) mass is 528 g/mol. The lowest BCUT2D eigenvalue weighted by molar-refractivity contribution is -0.133. The van der Waals surface area contributed by atoms with E-state index in [0.717, 1.165) is 0 Å². The fourth-order valence-corrected chi connectivity index (χ4v) is 1.59. The molecule has 0 amide bonds. The molecule has 1 aromatic carbocycles. The molecule has 0 radical (unpaired) electrons. The summed E-state index contributed by atoms with van der Waals surface area (Å²) in [6, 6.07) is 4.07. The summed E-state index contributed by atoms with van der Waals surface area (Å²) >= 11 is 9.29. The highest BCUT2D eigenvalue weighted by Crippen LogP contribution is 2.29. The molecule has 3 unspecified atom stereocenters. The van der Waals surface area contributed by atoms with Gasteiger partial charge in [0.25, 0.3) is 0 Å². The minimum absolute atomic E-state index is 0.0869. The van der Waals surface area contributed by atoms with Crippen molar-refractivity contribution in [1.82, 2.24) is 0 Å². The summed E-state index contributed by atoms with van der Waals surface area (Å²) in [5.41, 5.74) is 0. The zero-order valence-electron chi connectivity index (χ0n) is 13.0. The lowest BCUT2D eigenvalue weighted by Gasteiger charge is -2.12. The third-order valence-corrected chi connectivity index (χ3v) is 3.60. The van der Waals surface area contributed by atoms with Crippen molar-refractivity contribution in [3.63, 3.8) is 0 Å². The maximum absolute atomic E-state index is 11.7. The van der Waals surface area contributed by atoms with Gasteiger partial charge in [0.1, 0.15) is 31.7 Å². The van der Waals surface area contributed by atoms with Gasteiger partial charge in [0, 0.05) is 18.2 Å². The second-order valence-electron chi connectivity index (χ2n) is 4.75. The predicted octanol–water partition coefficient (Wildman–Crippen LogP) is 3.75. The van der Waals surface area contributed by atoms with Crippen molar-refractivity contribution < 1.29 is 28.6 Å². The van der Waals surface area contributed by atoms with Crippen LogP contribution < -0.4 is 14.2 Å². The second-order valence-corrected chi connectivity index (χ2v) is 8.87. The number of carbonyl (C=O) groups excluding carboxylic acids is 3. The van der Waals surface area contributed by atoms with Gasteiger partial charge in [0.05, 0.1) is 0 Å². The van der Waals surface area contributed by atoms with Crippen molar-refractivity contribution in [2.75, 3.05) is 0 Å². The van der Waals surface area contributed by atoms with Gasteiger partial charge < -0.3 is 14.2 Å². The molecule has 0 spiro atoms. The highest BCUT2D eigenvalue weighted by Gasteiger charge is 2.18. The Morgan fingerprint density at radius 2 is 0.875 bits per heavy atom. The number of esters is 3. The smallest absolute Gasteiger partial charge is 0.324 e. The molecule has 132 valence electrons. The number of rotatable bonds is 6. The zero-order chi connectivity index (χ0) is 18.4. The summed E-state index contributed by atoms with van der Waals surface area (Å²) in [7, 11) is 0. The Hall–Kier alpha value is -0.930. The van der Waals surface area contributed by atoms with E-state index < -0.39 is 32.4 Å². The summed E-state index contributed by atoms with van der Waals surface area (Å²) in [4.78, 5) is 33.5. The molecule has 1 rings (SSSR count). The number of hydrogen-bond donors (Lipinski definition) is 0. The molecular weight excluding hydrogens is 516 g/mol. The third kappa shape index (κ3) is 6.90. The number of ether oxygens (including phenoxy) is 3. The molecule has 9 heteroatoms. The summed E-state index contributed by atoms with van der Waals surface area (Å²) in [6.45, 7) is 4.81. The molecule has 24 heavy (non-hydrogen) atoms. The van der Waals surface area contributed by atoms with E-state index in [-0.39, 0.29) is 17.2 Å². The van der Waals surface area contributed by atoms with Crippen molar-refractivity contribution in [3.8, 4) is 17.2 Å². The van der Waals surface area contributed by atoms with E-state index in [1.165, 1.54) is 18.2 Å². The maximum Gasteiger partial charge on any atom is 0.324 e. The second kappa shape index (κ2) is 9.53. The average Bonchev–Trinajstić information content (AvgIpc) is 2.46. The molecule has 0 aromatic heterocycles. The Kier molecular flexibility index (Phi) is 8.38. The molecule has 0 aliphatic heterocycles. The molecule has 0 heterocycles.